The molecular formula is C32H22N4. The Bertz CT molecular complexity index is 1630. The number of rotatable bonds is 2. The topological polar surface area (TPSA) is 32.3 Å². The van der Waals surface area contributed by atoms with E-state index in [0.717, 1.165) is 11.4 Å². The molecule has 0 saturated heterocycles. The van der Waals surface area contributed by atoms with Crippen molar-refractivity contribution in [2.45, 2.75) is 12.1 Å². The Morgan fingerprint density at radius 2 is 0.889 bits per heavy atom. The zero-order chi connectivity index (χ0) is 23.6. The Kier molecular flexibility index (Phi) is 4.03. The number of pyridine rings is 2. The highest BCUT2D eigenvalue weighted by Crippen LogP contribution is 2.63. The van der Waals surface area contributed by atoms with E-state index in [2.05, 4.69) is 105 Å². The monoisotopic (exact) mass is 462 g/mol. The maximum atomic E-state index is 4.50. The Balaban J connectivity index is 1.47. The minimum Gasteiger partial charge on any atom is -0.330 e. The summed E-state index contributed by atoms with van der Waals surface area (Å²) in [5.74, 6) is 0. The van der Waals surface area contributed by atoms with Crippen LogP contribution in [0.25, 0.3) is 21.5 Å². The average Bonchev–Trinajstić information content (AvgIpc) is 3.43. The third-order valence-electron chi connectivity index (χ3n) is 7.65. The highest BCUT2D eigenvalue weighted by Gasteiger charge is 2.50. The van der Waals surface area contributed by atoms with Crippen molar-refractivity contribution in [3.63, 3.8) is 0 Å². The summed E-state index contributed by atoms with van der Waals surface area (Å²) in [7, 11) is 0. The summed E-state index contributed by atoms with van der Waals surface area (Å²) in [5.41, 5.74) is 7.34. The first-order valence-electron chi connectivity index (χ1n) is 12.3. The number of hydrogen-bond acceptors (Lipinski definition) is 4. The number of nitrogens with zero attached hydrogens (tertiary/aromatic N) is 4. The average molecular weight is 463 g/mol. The number of benzene rings is 4. The summed E-state index contributed by atoms with van der Waals surface area (Å²) in [5, 5.41) is 5.01. The van der Waals surface area contributed by atoms with E-state index in [4.69, 9.17) is 0 Å². The Labute approximate surface area is 209 Å². The molecule has 2 unspecified atom stereocenters. The lowest BCUT2D eigenvalue weighted by Gasteiger charge is -2.28. The molecule has 8 rings (SSSR count). The first-order chi connectivity index (χ1) is 17.9. The van der Waals surface area contributed by atoms with Gasteiger partial charge in [0.1, 0.15) is 0 Å². The van der Waals surface area contributed by atoms with Crippen LogP contribution in [0, 0.1) is 0 Å². The standard InChI is InChI=1S/C32H22N4/c1-3-9-23-17-29-27(15-21(23)7-1)31-32(35(29)25-11-5-13-33-19-25)28-16-22-8-2-4-10-24(22)18-30(28)36(31)26-12-6-14-34-20-26/h1-20,31-32H. The van der Waals surface area contributed by atoms with Gasteiger partial charge in [-0.05, 0) is 70.1 Å². The molecule has 0 amide bonds. The van der Waals surface area contributed by atoms with Gasteiger partial charge >= 0.3 is 0 Å². The van der Waals surface area contributed by atoms with Gasteiger partial charge in [0, 0.05) is 34.9 Å². The molecule has 0 spiro atoms. The highest BCUT2D eigenvalue weighted by molar-refractivity contribution is 5.96. The van der Waals surface area contributed by atoms with Gasteiger partial charge < -0.3 is 9.80 Å². The van der Waals surface area contributed by atoms with E-state index in [-0.39, 0.29) is 12.1 Å². The maximum absolute atomic E-state index is 4.50. The van der Waals surface area contributed by atoms with Crippen LogP contribution in [0.4, 0.5) is 22.7 Å². The van der Waals surface area contributed by atoms with Crippen molar-refractivity contribution in [3.05, 3.63) is 133 Å². The third kappa shape index (κ3) is 2.70. The first-order valence-corrected chi connectivity index (χ1v) is 12.3. The van der Waals surface area contributed by atoms with E-state index in [1.165, 1.54) is 44.0 Å². The summed E-state index contributed by atoms with van der Waals surface area (Å²) in [6, 6.07) is 35.4. The van der Waals surface area contributed by atoms with Crippen molar-refractivity contribution in [3.8, 4) is 0 Å². The maximum Gasteiger partial charge on any atom is 0.0862 e. The molecule has 0 N–H and O–H groups in total. The third-order valence-corrected chi connectivity index (χ3v) is 7.65. The van der Waals surface area contributed by atoms with Crippen molar-refractivity contribution < 1.29 is 0 Å². The van der Waals surface area contributed by atoms with Crippen LogP contribution in [0.1, 0.15) is 23.2 Å². The molecule has 0 bridgehead atoms. The van der Waals surface area contributed by atoms with Crippen LogP contribution in [0.5, 0.6) is 0 Å². The second kappa shape index (κ2) is 7.40. The van der Waals surface area contributed by atoms with Crippen molar-refractivity contribution in [1.82, 2.24) is 9.97 Å². The molecule has 2 atom stereocenters. The Morgan fingerprint density at radius 1 is 0.472 bits per heavy atom. The fraction of sp³-hybridized carbons (Fsp3) is 0.0625. The number of fused-ring (bicyclic) bond motifs is 7. The molecule has 0 fully saturated rings. The molecule has 6 aromatic rings. The lowest BCUT2D eigenvalue weighted by Crippen LogP contribution is -2.24. The van der Waals surface area contributed by atoms with E-state index < -0.39 is 0 Å². The van der Waals surface area contributed by atoms with Crippen LogP contribution in [0.15, 0.2) is 122 Å². The predicted octanol–water partition coefficient (Wildman–Crippen LogP) is 7.87. The summed E-state index contributed by atoms with van der Waals surface area (Å²) < 4.78 is 0. The molecule has 2 aliphatic heterocycles. The quantitative estimate of drug-likeness (QED) is 0.262. The Hall–Kier alpha value is -4.70. The zero-order valence-corrected chi connectivity index (χ0v) is 19.5. The minimum atomic E-state index is 0.112. The first kappa shape index (κ1) is 19.6. The van der Waals surface area contributed by atoms with Crippen LogP contribution < -0.4 is 9.80 Å². The van der Waals surface area contributed by atoms with Crippen LogP contribution in [0.3, 0.4) is 0 Å². The van der Waals surface area contributed by atoms with Gasteiger partial charge in [-0.1, -0.05) is 48.5 Å². The summed E-state index contributed by atoms with van der Waals surface area (Å²) in [6.45, 7) is 0. The summed E-state index contributed by atoms with van der Waals surface area (Å²) >= 11 is 0. The molecule has 4 aromatic carbocycles. The molecule has 0 aliphatic carbocycles. The van der Waals surface area contributed by atoms with Gasteiger partial charge in [-0.15, -0.1) is 0 Å². The van der Waals surface area contributed by atoms with Gasteiger partial charge in [0.25, 0.3) is 0 Å². The van der Waals surface area contributed by atoms with Crippen LogP contribution in [0.2, 0.25) is 0 Å². The molecule has 0 saturated carbocycles. The van der Waals surface area contributed by atoms with Crippen LogP contribution in [-0.2, 0) is 0 Å². The van der Waals surface area contributed by atoms with Crippen molar-refractivity contribution in [2.24, 2.45) is 0 Å². The predicted molar refractivity (Wildman–Crippen MR) is 146 cm³/mol. The van der Waals surface area contributed by atoms with Gasteiger partial charge in [0.05, 0.1) is 35.9 Å². The molecule has 4 heterocycles. The zero-order valence-electron chi connectivity index (χ0n) is 19.5. The number of hydrogen-bond donors (Lipinski definition) is 0. The number of anilines is 4. The molecule has 4 heteroatoms. The highest BCUT2D eigenvalue weighted by atomic mass is 15.3. The molecule has 170 valence electrons. The van der Waals surface area contributed by atoms with Crippen molar-refractivity contribution >= 4 is 44.3 Å². The van der Waals surface area contributed by atoms with Gasteiger partial charge in [0.15, 0.2) is 0 Å². The fourth-order valence-electron chi connectivity index (χ4n) is 6.18. The van der Waals surface area contributed by atoms with E-state index >= 15 is 0 Å². The second-order valence-corrected chi connectivity index (χ2v) is 9.57. The summed E-state index contributed by atoms with van der Waals surface area (Å²) in [4.78, 5) is 14.0. The SMILES string of the molecule is c1cncc(N2c3cc4ccccc4cc3C3C2c2cc4ccccc4cc2N3c2cccnc2)c1. The van der Waals surface area contributed by atoms with E-state index in [1.54, 1.807) is 0 Å². The van der Waals surface area contributed by atoms with E-state index in [0.29, 0.717) is 0 Å². The van der Waals surface area contributed by atoms with Crippen molar-refractivity contribution in [2.75, 3.05) is 9.80 Å². The minimum absolute atomic E-state index is 0.112. The van der Waals surface area contributed by atoms with Gasteiger partial charge in [-0.2, -0.15) is 0 Å². The van der Waals surface area contributed by atoms with Crippen LogP contribution in [-0.4, -0.2) is 9.97 Å². The molecule has 2 aliphatic rings. The van der Waals surface area contributed by atoms with E-state index in [1.807, 2.05) is 36.9 Å². The van der Waals surface area contributed by atoms with Crippen LogP contribution >= 0.6 is 0 Å². The smallest absolute Gasteiger partial charge is 0.0862 e. The molecular weight excluding hydrogens is 440 g/mol. The Morgan fingerprint density at radius 3 is 1.28 bits per heavy atom. The van der Waals surface area contributed by atoms with Crippen molar-refractivity contribution in [1.29, 1.82) is 0 Å². The lowest BCUT2D eigenvalue weighted by atomic mass is 9.97. The largest absolute Gasteiger partial charge is 0.330 e. The normalized spacial score (nSPS) is 17.9. The number of aromatic nitrogens is 2. The second-order valence-electron chi connectivity index (χ2n) is 9.57. The molecule has 2 aromatic heterocycles. The van der Waals surface area contributed by atoms with Gasteiger partial charge in [0.2, 0.25) is 0 Å². The fourth-order valence-corrected chi connectivity index (χ4v) is 6.18. The molecule has 36 heavy (non-hydrogen) atoms. The van der Waals surface area contributed by atoms with Gasteiger partial charge in [-0.3, -0.25) is 9.97 Å². The van der Waals surface area contributed by atoms with Gasteiger partial charge in [-0.25, -0.2) is 0 Å². The molecule has 4 nitrogen and oxygen atoms in total. The lowest BCUT2D eigenvalue weighted by molar-refractivity contribution is 0.633. The summed E-state index contributed by atoms with van der Waals surface area (Å²) in [6.07, 6.45) is 7.65. The van der Waals surface area contributed by atoms with E-state index in [9.17, 15) is 0 Å². The molecule has 0 radical (unpaired) electrons.